The Balaban J connectivity index is 1.99. The summed E-state index contributed by atoms with van der Waals surface area (Å²) in [6.45, 7) is 5.86. The van der Waals surface area contributed by atoms with E-state index in [0.717, 1.165) is 24.7 Å². The van der Waals surface area contributed by atoms with Gasteiger partial charge in [-0.15, -0.1) is 10.2 Å². The fourth-order valence-electron chi connectivity index (χ4n) is 2.75. The monoisotopic (exact) mass is 346 g/mol. The summed E-state index contributed by atoms with van der Waals surface area (Å²) in [6.07, 6.45) is 2.34. The standard InChI is InChI=1S/C17H22N4O2S/c1-12-6-8-14(9-7-12)21-16(20-10-4-5-11-20)18-19-17(21)24-13(2)15(22)23-3/h6-9,13H,4-5,10-11H2,1-3H3/t13-/m1/s1. The normalized spacial score (nSPS) is 15.5. The van der Waals surface area contributed by atoms with Crippen LogP contribution in [0.1, 0.15) is 25.3 Å². The SMILES string of the molecule is COC(=O)[C@@H](C)Sc1nnc(N2CCCC2)n1-c1ccc(C)cc1. The Morgan fingerprint density at radius 3 is 2.50 bits per heavy atom. The van der Waals surface area contributed by atoms with Gasteiger partial charge in [0.25, 0.3) is 0 Å². The number of carbonyl (C=O) groups is 1. The molecule has 0 amide bonds. The van der Waals surface area contributed by atoms with Crippen molar-refractivity contribution in [1.82, 2.24) is 14.8 Å². The van der Waals surface area contributed by atoms with Crippen LogP contribution in [0.2, 0.25) is 0 Å². The average Bonchev–Trinajstić information content (AvgIpc) is 3.24. The molecule has 1 aliphatic heterocycles. The first-order valence-electron chi connectivity index (χ1n) is 8.12. The van der Waals surface area contributed by atoms with Crippen molar-refractivity contribution in [2.75, 3.05) is 25.1 Å². The molecule has 0 radical (unpaired) electrons. The molecular formula is C17H22N4O2S. The molecule has 24 heavy (non-hydrogen) atoms. The van der Waals surface area contributed by atoms with E-state index in [1.165, 1.54) is 37.3 Å². The first-order valence-corrected chi connectivity index (χ1v) is 9.00. The molecule has 0 N–H and O–H groups in total. The topological polar surface area (TPSA) is 60.2 Å². The molecule has 2 aromatic rings. The molecular weight excluding hydrogens is 324 g/mol. The van der Waals surface area contributed by atoms with E-state index in [1.54, 1.807) is 0 Å². The molecule has 1 aromatic heterocycles. The first kappa shape index (κ1) is 16.8. The van der Waals surface area contributed by atoms with E-state index in [-0.39, 0.29) is 11.2 Å². The van der Waals surface area contributed by atoms with Crippen molar-refractivity contribution in [3.8, 4) is 5.69 Å². The number of benzene rings is 1. The number of methoxy groups -OCH3 is 1. The number of thioether (sulfide) groups is 1. The van der Waals surface area contributed by atoms with Gasteiger partial charge in [-0.2, -0.15) is 0 Å². The van der Waals surface area contributed by atoms with Gasteiger partial charge in [0.1, 0.15) is 5.25 Å². The first-order chi connectivity index (χ1) is 11.6. The fourth-order valence-corrected chi connectivity index (χ4v) is 3.64. The highest BCUT2D eigenvalue weighted by atomic mass is 32.2. The summed E-state index contributed by atoms with van der Waals surface area (Å²) in [4.78, 5) is 14.0. The Morgan fingerprint density at radius 1 is 1.21 bits per heavy atom. The molecule has 3 rings (SSSR count). The van der Waals surface area contributed by atoms with E-state index in [4.69, 9.17) is 4.74 Å². The van der Waals surface area contributed by atoms with Crippen LogP contribution in [0.15, 0.2) is 29.4 Å². The molecule has 0 spiro atoms. The predicted octanol–water partition coefficient (Wildman–Crippen LogP) is 2.83. The summed E-state index contributed by atoms with van der Waals surface area (Å²) >= 11 is 1.37. The maximum Gasteiger partial charge on any atom is 0.318 e. The lowest BCUT2D eigenvalue weighted by Crippen LogP contribution is -2.22. The summed E-state index contributed by atoms with van der Waals surface area (Å²) in [7, 11) is 1.40. The third-order valence-electron chi connectivity index (χ3n) is 4.11. The van der Waals surface area contributed by atoms with Crippen LogP contribution in [0.5, 0.6) is 0 Å². The van der Waals surface area contributed by atoms with Crippen LogP contribution >= 0.6 is 11.8 Å². The highest BCUT2D eigenvalue weighted by molar-refractivity contribution is 8.00. The molecule has 0 saturated carbocycles. The molecule has 1 aromatic carbocycles. The second kappa shape index (κ2) is 7.25. The third-order valence-corrected chi connectivity index (χ3v) is 5.13. The second-order valence-corrected chi connectivity index (χ2v) is 7.24. The fraction of sp³-hybridized carbons (Fsp3) is 0.471. The van der Waals surface area contributed by atoms with Gasteiger partial charge in [-0.25, -0.2) is 0 Å². The van der Waals surface area contributed by atoms with Crippen molar-refractivity contribution < 1.29 is 9.53 Å². The van der Waals surface area contributed by atoms with Gasteiger partial charge in [-0.3, -0.25) is 9.36 Å². The van der Waals surface area contributed by atoms with Gasteiger partial charge >= 0.3 is 5.97 Å². The number of nitrogens with zero attached hydrogens (tertiary/aromatic N) is 4. The molecule has 128 valence electrons. The Morgan fingerprint density at radius 2 is 1.88 bits per heavy atom. The number of esters is 1. The summed E-state index contributed by atoms with van der Waals surface area (Å²) in [6, 6.07) is 8.26. The van der Waals surface area contributed by atoms with E-state index >= 15 is 0 Å². The van der Waals surface area contributed by atoms with Gasteiger partial charge in [-0.05, 0) is 38.8 Å². The van der Waals surface area contributed by atoms with Gasteiger partial charge in [0, 0.05) is 13.1 Å². The number of ether oxygens (including phenoxy) is 1. The molecule has 7 heteroatoms. The molecule has 1 atom stereocenters. The van der Waals surface area contributed by atoms with E-state index in [9.17, 15) is 4.79 Å². The Labute approximate surface area is 146 Å². The van der Waals surface area contributed by atoms with Crippen molar-refractivity contribution in [3.63, 3.8) is 0 Å². The highest BCUT2D eigenvalue weighted by Gasteiger charge is 2.25. The van der Waals surface area contributed by atoms with Gasteiger partial charge in [0.05, 0.1) is 12.8 Å². The zero-order chi connectivity index (χ0) is 17.1. The van der Waals surface area contributed by atoms with Gasteiger partial charge in [-0.1, -0.05) is 29.5 Å². The minimum Gasteiger partial charge on any atom is -0.468 e. The number of rotatable bonds is 5. The molecule has 0 bridgehead atoms. The molecule has 1 aliphatic rings. The summed E-state index contributed by atoms with van der Waals surface area (Å²) < 4.78 is 6.86. The van der Waals surface area contributed by atoms with Crippen molar-refractivity contribution in [1.29, 1.82) is 0 Å². The number of aryl methyl sites for hydroxylation is 1. The molecule has 0 unspecified atom stereocenters. The number of hydrogen-bond donors (Lipinski definition) is 0. The van der Waals surface area contributed by atoms with Crippen LogP contribution in [0.25, 0.3) is 5.69 Å². The third kappa shape index (κ3) is 3.40. The van der Waals surface area contributed by atoms with Crippen LogP contribution in [0.4, 0.5) is 5.95 Å². The van der Waals surface area contributed by atoms with Crippen LogP contribution in [0.3, 0.4) is 0 Å². The van der Waals surface area contributed by atoms with Gasteiger partial charge in [0.2, 0.25) is 5.95 Å². The van der Waals surface area contributed by atoms with Crippen molar-refractivity contribution in [3.05, 3.63) is 29.8 Å². The largest absolute Gasteiger partial charge is 0.468 e. The van der Waals surface area contributed by atoms with Crippen LogP contribution in [-0.2, 0) is 9.53 Å². The second-order valence-electron chi connectivity index (χ2n) is 5.93. The maximum atomic E-state index is 11.8. The zero-order valence-corrected chi connectivity index (χ0v) is 15.0. The minimum atomic E-state index is -0.338. The molecule has 1 saturated heterocycles. The Bertz CT molecular complexity index is 708. The number of anilines is 1. The quantitative estimate of drug-likeness (QED) is 0.613. The lowest BCUT2D eigenvalue weighted by molar-refractivity contribution is -0.139. The number of aromatic nitrogens is 3. The van der Waals surface area contributed by atoms with E-state index in [0.29, 0.717) is 5.16 Å². The van der Waals surface area contributed by atoms with Crippen molar-refractivity contribution in [2.24, 2.45) is 0 Å². The summed E-state index contributed by atoms with van der Waals surface area (Å²) in [5, 5.41) is 9.11. The predicted molar refractivity (Wildman–Crippen MR) is 94.9 cm³/mol. The van der Waals surface area contributed by atoms with Gasteiger partial charge < -0.3 is 9.64 Å². The van der Waals surface area contributed by atoms with E-state index < -0.39 is 0 Å². The molecule has 0 aliphatic carbocycles. The smallest absolute Gasteiger partial charge is 0.318 e. The number of carbonyl (C=O) groups excluding carboxylic acids is 1. The van der Waals surface area contributed by atoms with Crippen molar-refractivity contribution >= 4 is 23.7 Å². The average molecular weight is 346 g/mol. The van der Waals surface area contributed by atoms with Gasteiger partial charge in [0.15, 0.2) is 5.16 Å². The van der Waals surface area contributed by atoms with E-state index in [1.807, 2.05) is 11.5 Å². The maximum absolute atomic E-state index is 11.8. The molecule has 6 nitrogen and oxygen atoms in total. The Kier molecular flexibility index (Phi) is 5.08. The molecule has 2 heterocycles. The lowest BCUT2D eigenvalue weighted by atomic mass is 10.2. The van der Waals surface area contributed by atoms with Crippen LogP contribution in [-0.4, -0.2) is 46.2 Å². The van der Waals surface area contributed by atoms with Crippen LogP contribution < -0.4 is 4.90 Å². The lowest BCUT2D eigenvalue weighted by Gasteiger charge is -2.19. The minimum absolute atomic E-state index is 0.263. The summed E-state index contributed by atoms with van der Waals surface area (Å²) in [5.41, 5.74) is 2.21. The van der Waals surface area contributed by atoms with Crippen molar-refractivity contribution in [2.45, 2.75) is 37.1 Å². The summed E-state index contributed by atoms with van der Waals surface area (Å²) in [5.74, 6) is 0.581. The number of hydrogen-bond acceptors (Lipinski definition) is 6. The Hall–Kier alpha value is -2.02. The zero-order valence-electron chi connectivity index (χ0n) is 14.2. The molecule has 1 fully saturated rings. The highest BCUT2D eigenvalue weighted by Crippen LogP contribution is 2.31. The van der Waals surface area contributed by atoms with Crippen LogP contribution in [0, 0.1) is 6.92 Å². The van der Waals surface area contributed by atoms with E-state index in [2.05, 4.69) is 46.3 Å².